The minimum Gasteiger partial charge on any atom is -0.406 e. The minimum absolute atomic E-state index is 0.0933. The molecular weight excluding hydrogens is 540 g/mol. The molecule has 0 unspecified atom stereocenters. The van der Waals surface area contributed by atoms with Gasteiger partial charge in [0.05, 0.1) is 16.3 Å². The van der Waals surface area contributed by atoms with Gasteiger partial charge in [0.2, 0.25) is 11.9 Å². The number of ether oxygens (including phenoxy) is 1. The molecule has 7 nitrogen and oxygen atoms in total. The molecule has 0 aliphatic rings. The molecule has 4 rings (SSSR count). The molecule has 0 saturated heterocycles. The third kappa shape index (κ3) is 7.20. The largest absolute Gasteiger partial charge is 0.573 e. The third-order valence-electron chi connectivity index (χ3n) is 4.41. The van der Waals surface area contributed by atoms with E-state index in [2.05, 4.69) is 35.5 Å². The molecule has 0 amide bonds. The van der Waals surface area contributed by atoms with Gasteiger partial charge in [0.25, 0.3) is 0 Å². The standard InChI is InChI=1S/C23H14Cl3F3N6O/c24-15-4-6-16(7-5-15)31-21-32-20(14-3-10-18(25)19(26)11-14)33-22(34-21)35-30-12-13-1-8-17(9-2-13)36-23(27,28)29/h1-12H,(H2,31,32,33,34,35)/b30-12+. The molecular formula is C23H14Cl3F3N6O. The van der Waals surface area contributed by atoms with Crippen LogP contribution in [0.4, 0.5) is 30.8 Å². The second kappa shape index (κ2) is 11.0. The Morgan fingerprint density at radius 1 is 0.806 bits per heavy atom. The van der Waals surface area contributed by atoms with Crippen LogP contribution in [0, 0.1) is 0 Å². The first-order valence-corrected chi connectivity index (χ1v) is 11.2. The van der Waals surface area contributed by atoms with E-state index in [9.17, 15) is 13.2 Å². The summed E-state index contributed by atoms with van der Waals surface area (Å²) in [6.07, 6.45) is -3.38. The van der Waals surface area contributed by atoms with E-state index >= 15 is 0 Å². The lowest BCUT2D eigenvalue weighted by Crippen LogP contribution is -2.17. The average molecular weight is 554 g/mol. The van der Waals surface area contributed by atoms with Crippen LogP contribution in [-0.2, 0) is 0 Å². The lowest BCUT2D eigenvalue weighted by Gasteiger charge is -2.10. The molecule has 4 aromatic rings. The molecule has 184 valence electrons. The number of hydrogen-bond acceptors (Lipinski definition) is 7. The molecule has 0 bridgehead atoms. The molecule has 0 aliphatic carbocycles. The van der Waals surface area contributed by atoms with E-state index in [0.29, 0.717) is 31.9 Å². The predicted molar refractivity (Wildman–Crippen MR) is 134 cm³/mol. The summed E-state index contributed by atoms with van der Waals surface area (Å²) < 4.78 is 40.8. The van der Waals surface area contributed by atoms with Crippen molar-refractivity contribution < 1.29 is 17.9 Å². The SMILES string of the molecule is FC(F)(F)Oc1ccc(/C=N/Nc2nc(Nc3ccc(Cl)cc3)nc(-c3ccc(Cl)c(Cl)c3)n2)cc1. The van der Waals surface area contributed by atoms with Crippen molar-refractivity contribution in [2.24, 2.45) is 5.10 Å². The van der Waals surface area contributed by atoms with Crippen molar-refractivity contribution in [3.63, 3.8) is 0 Å². The normalized spacial score (nSPS) is 11.5. The summed E-state index contributed by atoms with van der Waals surface area (Å²) >= 11 is 18.1. The summed E-state index contributed by atoms with van der Waals surface area (Å²) in [7, 11) is 0. The van der Waals surface area contributed by atoms with Crippen molar-refractivity contribution in [3.05, 3.63) is 87.4 Å². The number of rotatable bonds is 7. The van der Waals surface area contributed by atoms with Gasteiger partial charge >= 0.3 is 6.36 Å². The van der Waals surface area contributed by atoms with Gasteiger partial charge < -0.3 is 10.1 Å². The Hall–Kier alpha value is -3.60. The number of halogens is 6. The maximum absolute atomic E-state index is 12.3. The highest BCUT2D eigenvalue weighted by atomic mass is 35.5. The summed E-state index contributed by atoms with van der Waals surface area (Å²) in [6, 6.07) is 17.0. The number of aromatic nitrogens is 3. The summed E-state index contributed by atoms with van der Waals surface area (Å²) in [5, 5.41) is 8.40. The average Bonchev–Trinajstić information content (AvgIpc) is 2.82. The highest BCUT2D eigenvalue weighted by molar-refractivity contribution is 6.42. The topological polar surface area (TPSA) is 84.3 Å². The van der Waals surface area contributed by atoms with Crippen LogP contribution >= 0.6 is 34.8 Å². The number of benzene rings is 3. The van der Waals surface area contributed by atoms with E-state index in [1.54, 1.807) is 42.5 Å². The van der Waals surface area contributed by atoms with Crippen LogP contribution in [0.3, 0.4) is 0 Å². The van der Waals surface area contributed by atoms with E-state index in [1.165, 1.54) is 30.5 Å². The Labute approximate surface area is 217 Å². The van der Waals surface area contributed by atoms with Crippen LogP contribution < -0.4 is 15.5 Å². The van der Waals surface area contributed by atoms with Crippen LogP contribution in [0.2, 0.25) is 15.1 Å². The Bertz CT molecular complexity index is 1380. The Balaban J connectivity index is 1.57. The zero-order valence-electron chi connectivity index (χ0n) is 17.9. The number of nitrogens with zero attached hydrogens (tertiary/aromatic N) is 4. The molecule has 3 aromatic carbocycles. The summed E-state index contributed by atoms with van der Waals surface area (Å²) in [5.74, 6) is 0.246. The van der Waals surface area contributed by atoms with E-state index < -0.39 is 6.36 Å². The monoisotopic (exact) mass is 552 g/mol. The lowest BCUT2D eigenvalue weighted by atomic mass is 10.2. The van der Waals surface area contributed by atoms with Gasteiger partial charge in [0, 0.05) is 16.3 Å². The number of hydrogen-bond donors (Lipinski definition) is 2. The van der Waals surface area contributed by atoms with Gasteiger partial charge in [0.15, 0.2) is 5.82 Å². The molecule has 1 aromatic heterocycles. The van der Waals surface area contributed by atoms with Gasteiger partial charge in [-0.05, 0) is 72.3 Å². The number of nitrogens with one attached hydrogen (secondary N) is 2. The lowest BCUT2D eigenvalue weighted by molar-refractivity contribution is -0.274. The Morgan fingerprint density at radius 2 is 1.50 bits per heavy atom. The first-order valence-electron chi connectivity index (χ1n) is 10.0. The van der Waals surface area contributed by atoms with Crippen LogP contribution in [0.15, 0.2) is 71.8 Å². The van der Waals surface area contributed by atoms with Crippen LogP contribution in [0.1, 0.15) is 5.56 Å². The maximum atomic E-state index is 12.3. The minimum atomic E-state index is -4.76. The van der Waals surface area contributed by atoms with Crippen molar-refractivity contribution >= 4 is 58.6 Å². The number of alkyl halides is 3. The fraction of sp³-hybridized carbons (Fsp3) is 0.0435. The van der Waals surface area contributed by atoms with Crippen molar-refractivity contribution in [3.8, 4) is 17.1 Å². The second-order valence-corrected chi connectivity index (χ2v) is 8.30. The Morgan fingerprint density at radius 3 is 2.17 bits per heavy atom. The highest BCUT2D eigenvalue weighted by Gasteiger charge is 2.30. The summed E-state index contributed by atoms with van der Waals surface area (Å²) in [6.45, 7) is 0. The van der Waals surface area contributed by atoms with Crippen molar-refractivity contribution in [1.29, 1.82) is 0 Å². The van der Waals surface area contributed by atoms with E-state index in [4.69, 9.17) is 34.8 Å². The number of anilines is 3. The van der Waals surface area contributed by atoms with Gasteiger partial charge in [-0.1, -0.05) is 34.8 Å². The van der Waals surface area contributed by atoms with Gasteiger partial charge in [-0.2, -0.15) is 20.1 Å². The molecule has 0 spiro atoms. The van der Waals surface area contributed by atoms with Crippen molar-refractivity contribution in [2.45, 2.75) is 6.36 Å². The first kappa shape index (κ1) is 25.5. The van der Waals surface area contributed by atoms with Gasteiger partial charge in [-0.3, -0.25) is 0 Å². The molecule has 2 N–H and O–H groups in total. The smallest absolute Gasteiger partial charge is 0.406 e. The highest BCUT2D eigenvalue weighted by Crippen LogP contribution is 2.28. The van der Waals surface area contributed by atoms with Crippen molar-refractivity contribution in [1.82, 2.24) is 15.0 Å². The molecule has 1 heterocycles. The molecule has 0 radical (unpaired) electrons. The van der Waals surface area contributed by atoms with Gasteiger partial charge in [-0.15, -0.1) is 13.2 Å². The molecule has 0 saturated carbocycles. The maximum Gasteiger partial charge on any atom is 0.573 e. The second-order valence-electron chi connectivity index (χ2n) is 7.05. The predicted octanol–water partition coefficient (Wildman–Crippen LogP) is 7.59. The van der Waals surface area contributed by atoms with Crippen LogP contribution in [0.5, 0.6) is 5.75 Å². The summed E-state index contributed by atoms with van der Waals surface area (Å²) in [5.41, 5.74) is 4.47. The molecule has 0 atom stereocenters. The molecule has 36 heavy (non-hydrogen) atoms. The fourth-order valence-corrected chi connectivity index (χ4v) is 3.25. The molecule has 0 aliphatic heterocycles. The number of hydrazone groups is 1. The van der Waals surface area contributed by atoms with E-state index in [0.717, 1.165) is 0 Å². The van der Waals surface area contributed by atoms with Gasteiger partial charge in [-0.25, -0.2) is 5.43 Å². The van der Waals surface area contributed by atoms with Crippen LogP contribution in [-0.4, -0.2) is 27.5 Å². The Kier molecular flexibility index (Phi) is 7.78. The fourth-order valence-electron chi connectivity index (χ4n) is 2.83. The van der Waals surface area contributed by atoms with Gasteiger partial charge in [0.1, 0.15) is 5.75 Å². The quantitative estimate of drug-likeness (QED) is 0.181. The van der Waals surface area contributed by atoms with E-state index in [-0.39, 0.29) is 23.5 Å². The summed E-state index contributed by atoms with van der Waals surface area (Å²) in [4.78, 5) is 13.1. The zero-order valence-corrected chi connectivity index (χ0v) is 20.2. The molecule has 0 fully saturated rings. The van der Waals surface area contributed by atoms with Crippen LogP contribution in [0.25, 0.3) is 11.4 Å². The van der Waals surface area contributed by atoms with E-state index in [1.807, 2.05) is 0 Å². The van der Waals surface area contributed by atoms with Crippen molar-refractivity contribution in [2.75, 3.05) is 10.7 Å². The third-order valence-corrected chi connectivity index (χ3v) is 5.40. The zero-order chi connectivity index (χ0) is 25.7. The first-order chi connectivity index (χ1) is 17.1. The molecule has 13 heteroatoms.